The molecule has 1 unspecified atom stereocenters. The summed E-state index contributed by atoms with van der Waals surface area (Å²) >= 11 is 0. The van der Waals surface area contributed by atoms with E-state index in [1.165, 1.54) is 231 Å². The fraction of sp³-hybridized carbons (Fsp3) is 0.947. The first-order valence-corrected chi connectivity index (χ1v) is 28.5. The van der Waals surface area contributed by atoms with Crippen LogP contribution in [-0.4, -0.2) is 37.2 Å². The lowest BCUT2D eigenvalue weighted by atomic mass is 10.0. The van der Waals surface area contributed by atoms with Crippen LogP contribution in [0.25, 0.3) is 0 Å². The topological polar surface area (TPSA) is 78.9 Å². The lowest BCUT2D eigenvalue weighted by molar-refractivity contribution is -0.167. The van der Waals surface area contributed by atoms with Gasteiger partial charge in [0.15, 0.2) is 6.10 Å². The van der Waals surface area contributed by atoms with Gasteiger partial charge in [-0.1, -0.05) is 290 Å². The third-order valence-corrected chi connectivity index (χ3v) is 13.1. The first kappa shape index (κ1) is 61.4. The van der Waals surface area contributed by atoms with E-state index in [2.05, 4.69) is 20.8 Å². The zero-order valence-corrected chi connectivity index (χ0v) is 42.9. The summed E-state index contributed by atoms with van der Waals surface area (Å²) in [7, 11) is 0. The molecule has 0 aromatic heterocycles. The summed E-state index contributed by atoms with van der Waals surface area (Å²) in [5.74, 6) is -0.833. The van der Waals surface area contributed by atoms with Crippen molar-refractivity contribution in [2.75, 3.05) is 13.2 Å². The van der Waals surface area contributed by atoms with E-state index in [1.807, 2.05) is 0 Å². The largest absolute Gasteiger partial charge is 0.462 e. The minimum Gasteiger partial charge on any atom is -0.462 e. The van der Waals surface area contributed by atoms with Gasteiger partial charge in [-0.25, -0.2) is 0 Å². The zero-order chi connectivity index (χ0) is 45.8. The van der Waals surface area contributed by atoms with Crippen LogP contribution in [0.4, 0.5) is 0 Å². The normalized spacial score (nSPS) is 11.9. The molecule has 0 fully saturated rings. The molecule has 0 radical (unpaired) electrons. The van der Waals surface area contributed by atoms with E-state index in [4.69, 9.17) is 14.2 Å². The smallest absolute Gasteiger partial charge is 0.306 e. The van der Waals surface area contributed by atoms with Crippen molar-refractivity contribution in [2.24, 2.45) is 0 Å². The average Bonchev–Trinajstić information content (AvgIpc) is 3.28. The molecule has 0 aliphatic rings. The zero-order valence-electron chi connectivity index (χ0n) is 42.9. The second-order valence-corrected chi connectivity index (χ2v) is 19.6. The molecule has 63 heavy (non-hydrogen) atoms. The van der Waals surface area contributed by atoms with Crippen LogP contribution < -0.4 is 0 Å². The van der Waals surface area contributed by atoms with Gasteiger partial charge in [-0.3, -0.25) is 14.4 Å². The predicted octanol–water partition coefficient (Wildman–Crippen LogP) is 18.8. The van der Waals surface area contributed by atoms with Crippen molar-refractivity contribution < 1.29 is 28.6 Å². The van der Waals surface area contributed by atoms with E-state index in [-0.39, 0.29) is 31.1 Å². The minimum absolute atomic E-state index is 0.0611. The fourth-order valence-corrected chi connectivity index (χ4v) is 8.80. The number of unbranched alkanes of at least 4 members (excludes halogenated alkanes) is 42. The molecule has 0 saturated heterocycles. The maximum atomic E-state index is 12.8. The Morgan fingerprint density at radius 1 is 0.254 bits per heavy atom. The predicted molar refractivity (Wildman–Crippen MR) is 270 cm³/mol. The van der Waals surface area contributed by atoms with Crippen LogP contribution >= 0.6 is 0 Å². The number of hydrogen-bond acceptors (Lipinski definition) is 6. The molecule has 0 aromatic carbocycles. The standard InChI is InChI=1S/C57H110O6/c1-4-7-10-13-16-19-22-25-28-29-30-33-35-38-41-44-47-50-56(59)62-53-54(63-57(60)51-48-45-42-39-36-32-27-24-21-18-15-12-9-6-3)52-61-55(58)49-46-43-40-37-34-31-26-23-20-17-14-11-8-5-2/h54H,4-53H2,1-3H3. The quantitative estimate of drug-likeness (QED) is 0.0344. The molecule has 6 nitrogen and oxygen atoms in total. The van der Waals surface area contributed by atoms with Crippen LogP contribution in [0.5, 0.6) is 0 Å². The molecule has 0 saturated carbocycles. The molecular formula is C57H110O6. The summed E-state index contributed by atoms with van der Waals surface area (Å²) in [6.45, 7) is 6.70. The van der Waals surface area contributed by atoms with Gasteiger partial charge < -0.3 is 14.2 Å². The summed E-state index contributed by atoms with van der Waals surface area (Å²) < 4.78 is 16.9. The van der Waals surface area contributed by atoms with Crippen molar-refractivity contribution in [2.45, 2.75) is 335 Å². The van der Waals surface area contributed by atoms with E-state index in [0.717, 1.165) is 57.8 Å². The van der Waals surface area contributed by atoms with E-state index < -0.39 is 6.10 Å². The molecule has 0 aliphatic carbocycles. The Morgan fingerprint density at radius 2 is 0.429 bits per heavy atom. The van der Waals surface area contributed by atoms with Gasteiger partial charge >= 0.3 is 17.9 Å². The van der Waals surface area contributed by atoms with Crippen molar-refractivity contribution >= 4 is 17.9 Å². The van der Waals surface area contributed by atoms with E-state index in [1.54, 1.807) is 0 Å². The lowest BCUT2D eigenvalue weighted by Crippen LogP contribution is -2.30. The Morgan fingerprint density at radius 3 is 0.635 bits per heavy atom. The second-order valence-electron chi connectivity index (χ2n) is 19.6. The van der Waals surface area contributed by atoms with Gasteiger partial charge in [0, 0.05) is 19.3 Å². The van der Waals surface area contributed by atoms with Gasteiger partial charge in [-0.15, -0.1) is 0 Å². The SMILES string of the molecule is CCCCCCCCCCCCCCCCCCCC(=O)OCC(COC(=O)CCCCCCCCCCCCCCCC)OC(=O)CCCCCCCCCCCCCCCC. The number of carbonyl (C=O) groups is 3. The third kappa shape index (κ3) is 51.3. The molecule has 6 heteroatoms. The van der Waals surface area contributed by atoms with Gasteiger partial charge in [0.05, 0.1) is 0 Å². The van der Waals surface area contributed by atoms with Crippen LogP contribution in [-0.2, 0) is 28.6 Å². The van der Waals surface area contributed by atoms with Gasteiger partial charge in [0.1, 0.15) is 13.2 Å². The Balaban J connectivity index is 4.28. The van der Waals surface area contributed by atoms with E-state index in [0.29, 0.717) is 19.3 Å². The Kier molecular flexibility index (Phi) is 51.7. The number of carbonyl (C=O) groups excluding carboxylic acids is 3. The molecule has 0 aliphatic heterocycles. The molecule has 0 spiro atoms. The first-order chi connectivity index (χ1) is 31.0. The molecule has 0 aromatic rings. The lowest BCUT2D eigenvalue weighted by Gasteiger charge is -2.18. The maximum Gasteiger partial charge on any atom is 0.306 e. The Hall–Kier alpha value is -1.59. The summed E-state index contributed by atoms with van der Waals surface area (Å²) in [6.07, 6.45) is 58.0. The Labute approximate surface area is 393 Å². The Bertz CT molecular complexity index is 936. The molecule has 0 N–H and O–H groups in total. The van der Waals surface area contributed by atoms with Crippen molar-refractivity contribution in [3.63, 3.8) is 0 Å². The summed E-state index contributed by atoms with van der Waals surface area (Å²) in [6, 6.07) is 0. The number of ether oxygens (including phenoxy) is 3. The van der Waals surface area contributed by atoms with Crippen molar-refractivity contribution in [3.8, 4) is 0 Å². The van der Waals surface area contributed by atoms with Gasteiger partial charge in [-0.2, -0.15) is 0 Å². The van der Waals surface area contributed by atoms with Gasteiger partial charge in [0.25, 0.3) is 0 Å². The highest BCUT2D eigenvalue weighted by Crippen LogP contribution is 2.17. The van der Waals surface area contributed by atoms with E-state index >= 15 is 0 Å². The summed E-state index contributed by atoms with van der Waals surface area (Å²) in [5.41, 5.74) is 0. The number of rotatable bonds is 53. The molecule has 0 amide bonds. The molecule has 1 atom stereocenters. The highest BCUT2D eigenvalue weighted by molar-refractivity contribution is 5.71. The molecule has 0 rings (SSSR count). The summed E-state index contributed by atoms with van der Waals surface area (Å²) in [5, 5.41) is 0. The summed E-state index contributed by atoms with van der Waals surface area (Å²) in [4.78, 5) is 38.1. The molecule has 0 bridgehead atoms. The average molecular weight is 892 g/mol. The van der Waals surface area contributed by atoms with Gasteiger partial charge in [-0.05, 0) is 19.3 Å². The fourth-order valence-electron chi connectivity index (χ4n) is 8.80. The van der Waals surface area contributed by atoms with Crippen molar-refractivity contribution in [1.82, 2.24) is 0 Å². The van der Waals surface area contributed by atoms with Crippen molar-refractivity contribution in [1.29, 1.82) is 0 Å². The molecular weight excluding hydrogens is 781 g/mol. The van der Waals surface area contributed by atoms with Crippen LogP contribution in [0, 0.1) is 0 Å². The second kappa shape index (κ2) is 53.0. The number of esters is 3. The number of hydrogen-bond donors (Lipinski definition) is 0. The minimum atomic E-state index is -0.760. The van der Waals surface area contributed by atoms with Gasteiger partial charge in [0.2, 0.25) is 0 Å². The molecule has 0 heterocycles. The van der Waals surface area contributed by atoms with Crippen molar-refractivity contribution in [3.05, 3.63) is 0 Å². The van der Waals surface area contributed by atoms with Crippen LogP contribution in [0.1, 0.15) is 329 Å². The molecule has 374 valence electrons. The highest BCUT2D eigenvalue weighted by atomic mass is 16.6. The van der Waals surface area contributed by atoms with E-state index in [9.17, 15) is 14.4 Å². The van der Waals surface area contributed by atoms with Crippen LogP contribution in [0.15, 0.2) is 0 Å². The van der Waals surface area contributed by atoms with Crippen LogP contribution in [0.2, 0.25) is 0 Å². The first-order valence-electron chi connectivity index (χ1n) is 28.5. The third-order valence-electron chi connectivity index (χ3n) is 13.1. The highest BCUT2D eigenvalue weighted by Gasteiger charge is 2.19. The monoisotopic (exact) mass is 891 g/mol. The van der Waals surface area contributed by atoms with Crippen LogP contribution in [0.3, 0.4) is 0 Å². The maximum absolute atomic E-state index is 12.8.